The summed E-state index contributed by atoms with van der Waals surface area (Å²) in [5, 5.41) is 7.43. The summed E-state index contributed by atoms with van der Waals surface area (Å²) < 4.78 is 6.22. The van der Waals surface area contributed by atoms with Crippen molar-refractivity contribution in [2.45, 2.75) is 6.54 Å². The van der Waals surface area contributed by atoms with E-state index < -0.39 is 0 Å². The van der Waals surface area contributed by atoms with Gasteiger partial charge in [-0.2, -0.15) is 0 Å². The lowest BCUT2D eigenvalue weighted by atomic mass is 10.1. The van der Waals surface area contributed by atoms with Crippen LogP contribution in [0.25, 0.3) is 22.3 Å². The van der Waals surface area contributed by atoms with Gasteiger partial charge in [-0.1, -0.05) is 24.3 Å². The predicted molar refractivity (Wildman–Crippen MR) is 129 cm³/mol. The third-order valence-electron chi connectivity index (χ3n) is 5.58. The van der Waals surface area contributed by atoms with E-state index in [1.54, 1.807) is 24.5 Å². The summed E-state index contributed by atoms with van der Waals surface area (Å²) in [7, 11) is 0. The molecule has 1 amide bonds. The molecule has 2 aromatic heterocycles. The van der Waals surface area contributed by atoms with Gasteiger partial charge in [0.2, 0.25) is 0 Å². The van der Waals surface area contributed by atoms with Crippen LogP contribution in [0.3, 0.4) is 0 Å². The highest BCUT2D eigenvalue weighted by Crippen LogP contribution is 2.33. The number of para-hydroxylation sites is 1. The zero-order chi connectivity index (χ0) is 21.0. The molecule has 0 spiro atoms. The molecule has 0 bridgehead atoms. The Morgan fingerprint density at radius 3 is 2.62 bits per heavy atom. The van der Waals surface area contributed by atoms with Gasteiger partial charge in [0.1, 0.15) is 11.3 Å². The monoisotopic (exact) mass is 448 g/mol. The quantitative estimate of drug-likeness (QED) is 0.468. The first-order valence-electron chi connectivity index (χ1n) is 10.5. The van der Waals surface area contributed by atoms with E-state index in [-0.39, 0.29) is 18.3 Å². The molecule has 7 heteroatoms. The highest BCUT2D eigenvalue weighted by Gasteiger charge is 2.15. The standard InChI is InChI=1S/C25H24N4O2.ClH/c30-25(19-7-9-26-10-8-19)28-22-4-2-1-3-21(22)24-16-20-6-5-18(15-23(20)31-24)17-29-13-11-27-12-14-29;/h1-10,15-16,27H,11-14,17H2,(H,28,30);1H. The van der Waals surface area contributed by atoms with Gasteiger partial charge in [0.15, 0.2) is 0 Å². The largest absolute Gasteiger partial charge is 0.456 e. The number of benzene rings is 2. The second kappa shape index (κ2) is 9.96. The van der Waals surface area contributed by atoms with Gasteiger partial charge >= 0.3 is 0 Å². The van der Waals surface area contributed by atoms with Gasteiger partial charge in [-0.3, -0.25) is 14.7 Å². The third-order valence-corrected chi connectivity index (χ3v) is 5.58. The fourth-order valence-corrected chi connectivity index (χ4v) is 3.94. The zero-order valence-electron chi connectivity index (χ0n) is 17.6. The normalized spacial score (nSPS) is 14.1. The van der Waals surface area contributed by atoms with Crippen molar-refractivity contribution >= 4 is 35.0 Å². The number of nitrogens with one attached hydrogen (secondary N) is 2. The molecule has 164 valence electrons. The van der Waals surface area contributed by atoms with Gasteiger partial charge in [-0.25, -0.2) is 0 Å². The van der Waals surface area contributed by atoms with Crippen molar-refractivity contribution in [2.75, 3.05) is 31.5 Å². The molecule has 1 fully saturated rings. The Morgan fingerprint density at radius 1 is 1.03 bits per heavy atom. The lowest BCUT2D eigenvalue weighted by Crippen LogP contribution is -2.42. The minimum Gasteiger partial charge on any atom is -0.456 e. The van der Waals surface area contributed by atoms with Crippen molar-refractivity contribution in [1.82, 2.24) is 15.2 Å². The Hall–Kier alpha value is -3.19. The molecule has 0 unspecified atom stereocenters. The number of fused-ring (bicyclic) bond motifs is 1. The molecule has 0 aliphatic carbocycles. The molecule has 6 nitrogen and oxygen atoms in total. The number of hydrogen-bond donors (Lipinski definition) is 2. The number of carbonyl (C=O) groups excluding carboxylic acids is 1. The van der Waals surface area contributed by atoms with Gasteiger partial charge < -0.3 is 15.1 Å². The number of amides is 1. The third kappa shape index (κ3) is 4.83. The number of furan rings is 1. The van der Waals surface area contributed by atoms with Gasteiger partial charge in [-0.05, 0) is 42.0 Å². The number of nitrogens with zero attached hydrogens (tertiary/aromatic N) is 2. The molecule has 4 aromatic rings. The first-order valence-corrected chi connectivity index (χ1v) is 10.5. The van der Waals surface area contributed by atoms with Crippen molar-refractivity contribution in [3.05, 3.63) is 84.2 Å². The molecule has 2 aromatic carbocycles. The Kier molecular flexibility index (Phi) is 6.85. The van der Waals surface area contributed by atoms with E-state index in [4.69, 9.17) is 4.42 Å². The molecule has 1 saturated heterocycles. The molecular formula is C25H25ClN4O2. The summed E-state index contributed by atoms with van der Waals surface area (Å²) in [6.45, 7) is 5.12. The van der Waals surface area contributed by atoms with Crippen molar-refractivity contribution < 1.29 is 9.21 Å². The summed E-state index contributed by atoms with van der Waals surface area (Å²) >= 11 is 0. The maximum absolute atomic E-state index is 12.6. The van der Waals surface area contributed by atoms with E-state index in [1.165, 1.54) is 5.56 Å². The average molecular weight is 449 g/mol. The van der Waals surface area contributed by atoms with Crippen LogP contribution in [0.4, 0.5) is 5.69 Å². The number of carbonyl (C=O) groups is 1. The highest BCUT2D eigenvalue weighted by atomic mass is 35.5. The van der Waals surface area contributed by atoms with Crippen molar-refractivity contribution in [3.8, 4) is 11.3 Å². The van der Waals surface area contributed by atoms with Crippen LogP contribution in [0, 0.1) is 0 Å². The Labute approximate surface area is 193 Å². The molecule has 1 aliphatic rings. The number of anilines is 1. The van der Waals surface area contributed by atoms with Crippen LogP contribution in [-0.4, -0.2) is 42.0 Å². The summed E-state index contributed by atoms with van der Waals surface area (Å²) in [6.07, 6.45) is 3.22. The summed E-state index contributed by atoms with van der Waals surface area (Å²) in [5.74, 6) is 0.559. The first-order chi connectivity index (χ1) is 15.3. The van der Waals surface area contributed by atoms with Crippen molar-refractivity contribution in [3.63, 3.8) is 0 Å². The number of aromatic nitrogens is 1. The van der Waals surface area contributed by atoms with Gasteiger partial charge in [0.05, 0.1) is 5.69 Å². The van der Waals surface area contributed by atoms with Crippen LogP contribution in [0.5, 0.6) is 0 Å². The Balaban J connectivity index is 0.00000245. The van der Waals surface area contributed by atoms with E-state index in [0.29, 0.717) is 11.3 Å². The molecule has 5 rings (SSSR count). The number of hydrogen-bond acceptors (Lipinski definition) is 5. The second-order valence-corrected chi connectivity index (χ2v) is 7.74. The van der Waals surface area contributed by atoms with Crippen LogP contribution >= 0.6 is 12.4 Å². The zero-order valence-corrected chi connectivity index (χ0v) is 18.4. The number of piperazine rings is 1. The molecule has 1 aliphatic heterocycles. The smallest absolute Gasteiger partial charge is 0.255 e. The van der Waals surface area contributed by atoms with E-state index in [9.17, 15) is 4.79 Å². The molecule has 0 radical (unpaired) electrons. The lowest BCUT2D eigenvalue weighted by Gasteiger charge is -2.27. The molecular weight excluding hydrogens is 424 g/mol. The van der Waals surface area contributed by atoms with Crippen LogP contribution in [0.2, 0.25) is 0 Å². The maximum atomic E-state index is 12.6. The highest BCUT2D eigenvalue weighted by molar-refractivity contribution is 6.06. The SMILES string of the molecule is Cl.O=C(Nc1ccccc1-c1cc2ccc(CN3CCNCC3)cc2o1)c1ccncc1. The van der Waals surface area contributed by atoms with Gasteiger partial charge in [-0.15, -0.1) is 12.4 Å². The average Bonchev–Trinajstić information content (AvgIpc) is 3.24. The molecule has 3 heterocycles. The first kappa shape index (κ1) is 22.0. The predicted octanol–water partition coefficient (Wildman–Crippen LogP) is 4.57. The lowest BCUT2D eigenvalue weighted by molar-refractivity contribution is 0.102. The number of rotatable bonds is 5. The van der Waals surface area contributed by atoms with E-state index in [1.807, 2.05) is 30.3 Å². The summed E-state index contributed by atoms with van der Waals surface area (Å²) in [6, 6.07) is 19.5. The van der Waals surface area contributed by atoms with Crippen LogP contribution < -0.4 is 10.6 Å². The summed E-state index contributed by atoms with van der Waals surface area (Å²) in [4.78, 5) is 19.0. The minimum atomic E-state index is -0.177. The second-order valence-electron chi connectivity index (χ2n) is 7.74. The molecule has 0 atom stereocenters. The maximum Gasteiger partial charge on any atom is 0.255 e. The Morgan fingerprint density at radius 2 is 1.81 bits per heavy atom. The summed E-state index contributed by atoms with van der Waals surface area (Å²) in [5.41, 5.74) is 4.23. The number of halogens is 1. The fraction of sp³-hybridized carbons (Fsp3) is 0.200. The Bertz CT molecular complexity index is 1200. The van der Waals surface area contributed by atoms with Gasteiger partial charge in [0.25, 0.3) is 5.91 Å². The topological polar surface area (TPSA) is 70.4 Å². The molecule has 0 saturated carbocycles. The van der Waals surface area contributed by atoms with Gasteiger partial charge in [0, 0.05) is 61.6 Å². The van der Waals surface area contributed by atoms with Crippen LogP contribution in [0.1, 0.15) is 15.9 Å². The minimum absolute atomic E-state index is 0. The van der Waals surface area contributed by atoms with E-state index in [0.717, 1.165) is 55.0 Å². The molecule has 2 N–H and O–H groups in total. The van der Waals surface area contributed by atoms with Crippen molar-refractivity contribution in [2.24, 2.45) is 0 Å². The van der Waals surface area contributed by atoms with Crippen molar-refractivity contribution in [1.29, 1.82) is 0 Å². The number of pyridine rings is 1. The van der Waals surface area contributed by atoms with Crippen LogP contribution in [0.15, 0.2) is 77.5 Å². The fourth-order valence-electron chi connectivity index (χ4n) is 3.94. The van der Waals surface area contributed by atoms with E-state index >= 15 is 0 Å². The molecule has 32 heavy (non-hydrogen) atoms. The van der Waals surface area contributed by atoms with Crippen LogP contribution in [-0.2, 0) is 6.54 Å². The van der Waals surface area contributed by atoms with E-state index in [2.05, 4.69) is 38.7 Å².